The van der Waals surface area contributed by atoms with E-state index in [0.29, 0.717) is 24.3 Å². The van der Waals surface area contributed by atoms with Crippen molar-refractivity contribution in [3.63, 3.8) is 0 Å². The van der Waals surface area contributed by atoms with E-state index in [9.17, 15) is 14.0 Å². The lowest BCUT2D eigenvalue weighted by atomic mass is 9.93. The number of hydrogen-bond donors (Lipinski definition) is 1. The predicted molar refractivity (Wildman–Crippen MR) is 86.5 cm³/mol. The maximum atomic E-state index is 13.0. The number of benzene rings is 1. The summed E-state index contributed by atoms with van der Waals surface area (Å²) in [6.07, 6.45) is 1.42. The molecule has 1 aliphatic heterocycles. The molecule has 2 N–H and O–H groups in total. The SMILES string of the molecule is C[C@H]1CC[C@H](C(N)=O)CN1C(=O)c1ccc(-c2ccc(F)cc2)o1. The zero-order valence-corrected chi connectivity index (χ0v) is 13.4. The second-order valence-electron chi connectivity index (χ2n) is 6.15. The smallest absolute Gasteiger partial charge is 0.289 e. The first-order chi connectivity index (χ1) is 11.5. The van der Waals surface area contributed by atoms with Crippen LogP contribution in [0.25, 0.3) is 11.3 Å². The number of rotatable bonds is 3. The van der Waals surface area contributed by atoms with Crippen molar-refractivity contribution < 1.29 is 18.4 Å². The van der Waals surface area contributed by atoms with Gasteiger partial charge < -0.3 is 15.1 Å². The van der Waals surface area contributed by atoms with E-state index in [0.717, 1.165) is 6.42 Å². The van der Waals surface area contributed by atoms with Gasteiger partial charge in [-0.1, -0.05) is 0 Å². The number of halogens is 1. The summed E-state index contributed by atoms with van der Waals surface area (Å²) in [4.78, 5) is 25.7. The van der Waals surface area contributed by atoms with Gasteiger partial charge in [-0.3, -0.25) is 9.59 Å². The van der Waals surface area contributed by atoms with Crippen LogP contribution in [0.15, 0.2) is 40.8 Å². The van der Waals surface area contributed by atoms with Crippen LogP contribution in [-0.4, -0.2) is 29.3 Å². The summed E-state index contributed by atoms with van der Waals surface area (Å²) in [5, 5.41) is 0. The molecule has 126 valence electrons. The van der Waals surface area contributed by atoms with Crippen LogP contribution in [-0.2, 0) is 4.79 Å². The summed E-state index contributed by atoms with van der Waals surface area (Å²) in [6, 6.07) is 9.16. The molecule has 3 rings (SSSR count). The summed E-state index contributed by atoms with van der Waals surface area (Å²) in [5.74, 6) is -0.605. The highest BCUT2D eigenvalue weighted by atomic mass is 19.1. The minimum absolute atomic E-state index is 0.0208. The molecular weight excluding hydrogens is 311 g/mol. The molecule has 1 saturated heterocycles. The van der Waals surface area contributed by atoms with Gasteiger partial charge in [-0.25, -0.2) is 4.39 Å². The lowest BCUT2D eigenvalue weighted by molar-refractivity contribution is -0.123. The van der Waals surface area contributed by atoms with Gasteiger partial charge in [0.05, 0.1) is 5.92 Å². The number of amides is 2. The Morgan fingerprint density at radius 2 is 1.88 bits per heavy atom. The van der Waals surface area contributed by atoms with Crippen molar-refractivity contribution in [3.05, 3.63) is 48.0 Å². The molecule has 2 aromatic rings. The second kappa shape index (κ2) is 6.47. The first-order valence-electron chi connectivity index (χ1n) is 7.92. The van der Waals surface area contributed by atoms with Gasteiger partial charge in [0.25, 0.3) is 5.91 Å². The monoisotopic (exact) mass is 330 g/mol. The molecule has 0 bridgehead atoms. The van der Waals surface area contributed by atoms with E-state index in [-0.39, 0.29) is 35.4 Å². The number of carbonyl (C=O) groups excluding carboxylic acids is 2. The molecule has 1 fully saturated rings. The van der Waals surface area contributed by atoms with Gasteiger partial charge in [-0.2, -0.15) is 0 Å². The Hall–Kier alpha value is -2.63. The van der Waals surface area contributed by atoms with E-state index >= 15 is 0 Å². The van der Waals surface area contributed by atoms with Gasteiger partial charge in [-0.15, -0.1) is 0 Å². The molecule has 0 saturated carbocycles. The Morgan fingerprint density at radius 3 is 2.54 bits per heavy atom. The van der Waals surface area contributed by atoms with Gasteiger partial charge >= 0.3 is 0 Å². The van der Waals surface area contributed by atoms with Crippen molar-refractivity contribution in [1.29, 1.82) is 0 Å². The molecule has 1 aromatic carbocycles. The van der Waals surface area contributed by atoms with E-state index in [2.05, 4.69) is 0 Å². The molecule has 0 spiro atoms. The third-order valence-corrected chi connectivity index (χ3v) is 4.49. The molecule has 0 radical (unpaired) electrons. The molecule has 2 atom stereocenters. The molecular formula is C18H19FN2O3. The summed E-state index contributed by atoms with van der Waals surface area (Å²) >= 11 is 0. The van der Waals surface area contributed by atoms with Crippen molar-refractivity contribution in [2.45, 2.75) is 25.8 Å². The lowest BCUT2D eigenvalue weighted by Crippen LogP contribution is -2.48. The maximum Gasteiger partial charge on any atom is 0.289 e. The standard InChI is InChI=1S/C18H19FN2O3/c1-11-2-3-13(17(20)22)10-21(11)18(23)16-9-8-15(24-16)12-4-6-14(19)7-5-12/h4-9,11,13H,2-3,10H2,1H3,(H2,20,22)/t11-,13-/m0/s1. The highest BCUT2D eigenvalue weighted by Crippen LogP contribution is 2.27. The number of hydrogen-bond acceptors (Lipinski definition) is 3. The molecule has 2 heterocycles. The molecule has 24 heavy (non-hydrogen) atoms. The van der Waals surface area contributed by atoms with E-state index in [4.69, 9.17) is 10.2 Å². The van der Waals surface area contributed by atoms with E-state index < -0.39 is 0 Å². The average Bonchev–Trinajstić information content (AvgIpc) is 3.05. The maximum absolute atomic E-state index is 13.0. The molecule has 0 unspecified atom stereocenters. The van der Waals surface area contributed by atoms with Gasteiger partial charge in [0.1, 0.15) is 11.6 Å². The Morgan fingerprint density at radius 1 is 1.17 bits per heavy atom. The predicted octanol–water partition coefficient (Wildman–Crippen LogP) is 2.81. The van der Waals surface area contributed by atoms with E-state index in [1.165, 1.54) is 12.1 Å². The highest BCUT2D eigenvalue weighted by Gasteiger charge is 2.33. The molecule has 2 amide bonds. The topological polar surface area (TPSA) is 76.5 Å². The number of nitrogens with two attached hydrogens (primary N) is 1. The van der Waals surface area contributed by atoms with Crippen molar-refractivity contribution in [3.8, 4) is 11.3 Å². The minimum Gasteiger partial charge on any atom is -0.451 e. The summed E-state index contributed by atoms with van der Waals surface area (Å²) in [6.45, 7) is 2.25. The van der Waals surface area contributed by atoms with Crippen molar-refractivity contribution in [2.75, 3.05) is 6.54 Å². The first-order valence-corrected chi connectivity index (χ1v) is 7.92. The molecule has 5 nitrogen and oxygen atoms in total. The van der Waals surface area contributed by atoms with E-state index in [1.807, 2.05) is 6.92 Å². The van der Waals surface area contributed by atoms with E-state index in [1.54, 1.807) is 29.2 Å². The van der Waals surface area contributed by atoms with Gasteiger partial charge in [-0.05, 0) is 56.2 Å². The van der Waals surface area contributed by atoms with Crippen LogP contribution in [0.1, 0.15) is 30.3 Å². The fraction of sp³-hybridized carbons (Fsp3) is 0.333. The number of furan rings is 1. The molecule has 0 aliphatic carbocycles. The van der Waals surface area contributed by atoms with Crippen LogP contribution in [0.4, 0.5) is 4.39 Å². The Kier molecular flexibility index (Phi) is 4.38. The van der Waals surface area contributed by atoms with Crippen molar-refractivity contribution in [2.24, 2.45) is 11.7 Å². The number of nitrogens with zero attached hydrogens (tertiary/aromatic N) is 1. The Bertz CT molecular complexity index is 754. The van der Waals surface area contributed by atoms with Crippen LogP contribution in [0, 0.1) is 11.7 Å². The van der Waals surface area contributed by atoms with Gasteiger partial charge in [0.15, 0.2) is 5.76 Å². The van der Waals surface area contributed by atoms with Crippen LogP contribution in [0.2, 0.25) is 0 Å². The third kappa shape index (κ3) is 3.18. The quantitative estimate of drug-likeness (QED) is 0.940. The number of primary amides is 1. The average molecular weight is 330 g/mol. The zero-order valence-electron chi connectivity index (χ0n) is 13.4. The number of likely N-dealkylation sites (tertiary alicyclic amines) is 1. The normalized spacial score (nSPS) is 20.8. The second-order valence-corrected chi connectivity index (χ2v) is 6.15. The largest absolute Gasteiger partial charge is 0.451 e. The fourth-order valence-corrected chi connectivity index (χ4v) is 2.99. The minimum atomic E-state index is -0.383. The summed E-state index contributed by atoms with van der Waals surface area (Å²) < 4.78 is 18.6. The Balaban J connectivity index is 1.80. The van der Waals surface area contributed by atoms with Gasteiger partial charge in [0.2, 0.25) is 5.91 Å². The molecule has 1 aliphatic rings. The van der Waals surface area contributed by atoms with Crippen LogP contribution >= 0.6 is 0 Å². The zero-order chi connectivity index (χ0) is 17.3. The van der Waals surface area contributed by atoms with Crippen molar-refractivity contribution in [1.82, 2.24) is 4.90 Å². The number of carbonyl (C=O) groups is 2. The third-order valence-electron chi connectivity index (χ3n) is 4.49. The number of piperidine rings is 1. The summed E-state index contributed by atoms with van der Waals surface area (Å²) in [5.41, 5.74) is 6.07. The van der Waals surface area contributed by atoms with Crippen LogP contribution < -0.4 is 5.73 Å². The van der Waals surface area contributed by atoms with Crippen LogP contribution in [0.3, 0.4) is 0 Å². The fourth-order valence-electron chi connectivity index (χ4n) is 2.99. The summed E-state index contributed by atoms with van der Waals surface area (Å²) in [7, 11) is 0. The van der Waals surface area contributed by atoms with Gasteiger partial charge in [0, 0.05) is 18.2 Å². The van der Waals surface area contributed by atoms with Crippen LogP contribution in [0.5, 0.6) is 0 Å². The molecule has 1 aromatic heterocycles. The first kappa shape index (κ1) is 16.2. The highest BCUT2D eigenvalue weighted by molar-refractivity contribution is 5.93. The Labute approximate surface area is 139 Å². The lowest BCUT2D eigenvalue weighted by Gasteiger charge is -2.36. The molecule has 6 heteroatoms. The van der Waals surface area contributed by atoms with Crippen molar-refractivity contribution >= 4 is 11.8 Å².